The smallest absolute Gasteiger partial charge is 0.250 e. The summed E-state index contributed by atoms with van der Waals surface area (Å²) in [4.78, 5) is 13.9. The molecule has 0 unspecified atom stereocenters. The fraction of sp³-hybridized carbons (Fsp3) is 0.400. The predicted octanol–water partition coefficient (Wildman–Crippen LogP) is 5.81. The number of phenolic OH excluding ortho intramolecular Hbond substituents is 1. The molecule has 0 saturated carbocycles. The van der Waals surface area contributed by atoms with Crippen LogP contribution in [-0.4, -0.2) is 26.0 Å². The molecule has 0 bridgehead atoms. The van der Waals surface area contributed by atoms with E-state index in [1.165, 1.54) is 11.2 Å². The molecule has 0 aliphatic rings. The molecular formula is C25H32N4O2. The molecule has 0 spiro atoms. The Labute approximate surface area is 184 Å². The lowest BCUT2D eigenvalue weighted by Crippen LogP contribution is -2.22. The monoisotopic (exact) mass is 420 g/mol. The summed E-state index contributed by atoms with van der Waals surface area (Å²) < 4.78 is 0. The van der Waals surface area contributed by atoms with Gasteiger partial charge in [0.25, 0.3) is 5.91 Å². The number of phenols is 1. The van der Waals surface area contributed by atoms with Crippen molar-refractivity contribution in [3.05, 3.63) is 53.6 Å². The van der Waals surface area contributed by atoms with E-state index in [1.807, 2.05) is 37.3 Å². The average Bonchev–Trinajstić information content (AvgIpc) is 3.14. The summed E-state index contributed by atoms with van der Waals surface area (Å²) in [5.41, 5.74) is 4.40. The maximum atomic E-state index is 12.4. The minimum atomic E-state index is -0.330. The Bertz CT molecular complexity index is 1090. The van der Waals surface area contributed by atoms with Crippen LogP contribution in [0, 0.1) is 6.92 Å². The molecule has 0 atom stereocenters. The van der Waals surface area contributed by atoms with Crippen molar-refractivity contribution in [2.45, 2.75) is 65.7 Å². The molecule has 3 rings (SSSR count). The first-order valence-electron chi connectivity index (χ1n) is 10.8. The van der Waals surface area contributed by atoms with Crippen LogP contribution in [-0.2, 0) is 10.2 Å². The van der Waals surface area contributed by atoms with Gasteiger partial charge in [0, 0.05) is 5.57 Å². The van der Waals surface area contributed by atoms with Gasteiger partial charge in [-0.15, -0.1) is 15.0 Å². The zero-order valence-electron chi connectivity index (χ0n) is 19.1. The quantitative estimate of drug-likeness (QED) is 0.274. The highest BCUT2D eigenvalue weighted by Gasteiger charge is 2.28. The van der Waals surface area contributed by atoms with Crippen LogP contribution in [0.5, 0.6) is 5.75 Å². The van der Waals surface area contributed by atoms with Gasteiger partial charge in [-0.3, -0.25) is 4.79 Å². The average molecular weight is 421 g/mol. The molecule has 0 saturated heterocycles. The van der Waals surface area contributed by atoms with Crippen LogP contribution in [0.4, 0.5) is 5.69 Å². The lowest BCUT2D eigenvalue weighted by atomic mass is 9.77. The van der Waals surface area contributed by atoms with Crippen LogP contribution in [0.1, 0.15) is 64.5 Å². The van der Waals surface area contributed by atoms with Crippen LogP contribution in [0.15, 0.2) is 42.5 Å². The molecule has 6 heteroatoms. The van der Waals surface area contributed by atoms with E-state index in [0.29, 0.717) is 16.9 Å². The Balaban J connectivity index is 2.19. The first-order chi connectivity index (χ1) is 14.7. The highest BCUT2D eigenvalue weighted by molar-refractivity contribution is 6.04. The molecule has 1 aromatic heterocycles. The Morgan fingerprint density at radius 1 is 1.19 bits per heavy atom. The van der Waals surface area contributed by atoms with Gasteiger partial charge in [-0.1, -0.05) is 58.7 Å². The minimum Gasteiger partial charge on any atom is -0.504 e. The second-order valence-corrected chi connectivity index (χ2v) is 8.85. The van der Waals surface area contributed by atoms with Crippen LogP contribution in [0.3, 0.4) is 0 Å². The third-order valence-corrected chi connectivity index (χ3v) is 5.80. The SMILES string of the molecule is C=C(C)C(=O)Nc1c(C)c(C(C)(C)CCCCC)cc(-n2nc3ccccc3n2)c1O. The molecule has 0 radical (unpaired) electrons. The first kappa shape index (κ1) is 22.5. The molecule has 31 heavy (non-hydrogen) atoms. The van der Waals surface area contributed by atoms with Crippen molar-refractivity contribution in [2.24, 2.45) is 0 Å². The molecular weight excluding hydrogens is 388 g/mol. The predicted molar refractivity (Wildman–Crippen MR) is 126 cm³/mol. The molecule has 3 aromatic rings. The van der Waals surface area contributed by atoms with Crippen molar-refractivity contribution in [1.82, 2.24) is 15.0 Å². The van der Waals surface area contributed by atoms with Crippen LogP contribution in [0.25, 0.3) is 16.7 Å². The molecule has 2 N–H and O–H groups in total. The van der Waals surface area contributed by atoms with Gasteiger partial charge in [-0.25, -0.2) is 0 Å². The third-order valence-electron chi connectivity index (χ3n) is 5.80. The summed E-state index contributed by atoms with van der Waals surface area (Å²) in [7, 11) is 0. The summed E-state index contributed by atoms with van der Waals surface area (Å²) in [5, 5.41) is 23.1. The molecule has 1 amide bonds. The number of anilines is 1. The van der Waals surface area contributed by atoms with Gasteiger partial charge in [0.1, 0.15) is 16.7 Å². The van der Waals surface area contributed by atoms with Gasteiger partial charge < -0.3 is 10.4 Å². The van der Waals surface area contributed by atoms with E-state index in [-0.39, 0.29) is 17.1 Å². The topological polar surface area (TPSA) is 80.0 Å². The van der Waals surface area contributed by atoms with E-state index in [2.05, 4.69) is 42.9 Å². The number of amides is 1. The first-order valence-corrected chi connectivity index (χ1v) is 10.8. The second-order valence-electron chi connectivity index (χ2n) is 8.85. The number of carbonyl (C=O) groups excluding carboxylic acids is 1. The molecule has 0 fully saturated rings. The number of rotatable bonds is 8. The summed E-state index contributed by atoms with van der Waals surface area (Å²) in [6, 6.07) is 9.51. The Morgan fingerprint density at radius 2 is 1.81 bits per heavy atom. The van der Waals surface area contributed by atoms with E-state index in [4.69, 9.17) is 0 Å². The van der Waals surface area contributed by atoms with Crippen LogP contribution >= 0.6 is 0 Å². The minimum absolute atomic E-state index is 0.0551. The summed E-state index contributed by atoms with van der Waals surface area (Å²) in [6.45, 7) is 13.9. The number of nitrogens with one attached hydrogen (secondary N) is 1. The van der Waals surface area contributed by atoms with E-state index in [9.17, 15) is 9.90 Å². The number of benzene rings is 2. The molecule has 1 heterocycles. The Hall–Kier alpha value is -3.15. The molecule has 164 valence electrons. The summed E-state index contributed by atoms with van der Waals surface area (Å²) in [5.74, 6) is -0.385. The van der Waals surface area contributed by atoms with Gasteiger partial charge in [0.15, 0.2) is 5.75 Å². The maximum absolute atomic E-state index is 12.4. The van der Waals surface area contributed by atoms with Gasteiger partial charge in [-0.05, 0) is 55.0 Å². The van der Waals surface area contributed by atoms with Gasteiger partial charge in [0.05, 0.1) is 5.69 Å². The van der Waals surface area contributed by atoms with Crippen molar-refractivity contribution >= 4 is 22.6 Å². The number of hydrogen-bond donors (Lipinski definition) is 2. The van der Waals surface area contributed by atoms with Gasteiger partial charge in [0.2, 0.25) is 0 Å². The van der Waals surface area contributed by atoms with Crippen molar-refractivity contribution in [2.75, 3.05) is 5.32 Å². The van der Waals surface area contributed by atoms with Crippen molar-refractivity contribution in [3.8, 4) is 11.4 Å². The number of aromatic nitrogens is 3. The fourth-order valence-electron chi connectivity index (χ4n) is 3.90. The van der Waals surface area contributed by atoms with Gasteiger partial charge >= 0.3 is 0 Å². The Morgan fingerprint density at radius 3 is 2.35 bits per heavy atom. The van der Waals surface area contributed by atoms with E-state index in [0.717, 1.165) is 41.4 Å². The number of unbranched alkanes of at least 4 members (excludes halogenated alkanes) is 2. The Kier molecular flexibility index (Phi) is 6.48. The number of fused-ring (bicyclic) bond motifs is 1. The van der Waals surface area contributed by atoms with Crippen LogP contribution < -0.4 is 5.32 Å². The number of hydrogen-bond acceptors (Lipinski definition) is 4. The number of carbonyl (C=O) groups is 1. The molecule has 2 aromatic carbocycles. The van der Waals surface area contributed by atoms with Crippen molar-refractivity contribution in [1.29, 1.82) is 0 Å². The molecule has 6 nitrogen and oxygen atoms in total. The standard InChI is InChI=1S/C25H32N4O2/c1-7-8-11-14-25(5,6)18-15-21(29-27-19-12-9-10-13-20(19)28-29)23(30)22(17(18)4)26-24(31)16(2)3/h9-10,12-13,15,30H,2,7-8,11,14H2,1,3-6H3,(H,26,31). The van der Waals surface area contributed by atoms with Crippen LogP contribution in [0.2, 0.25) is 0 Å². The van der Waals surface area contributed by atoms with E-state index < -0.39 is 0 Å². The van der Waals surface area contributed by atoms with Crippen molar-refractivity contribution < 1.29 is 9.90 Å². The lowest BCUT2D eigenvalue weighted by Gasteiger charge is -2.29. The number of aromatic hydroxyl groups is 1. The second kappa shape index (κ2) is 8.92. The molecule has 0 aliphatic heterocycles. The normalized spacial score (nSPS) is 11.6. The van der Waals surface area contributed by atoms with E-state index >= 15 is 0 Å². The van der Waals surface area contributed by atoms with Gasteiger partial charge in [-0.2, -0.15) is 0 Å². The third kappa shape index (κ3) is 4.63. The lowest BCUT2D eigenvalue weighted by molar-refractivity contribution is -0.112. The van der Waals surface area contributed by atoms with E-state index in [1.54, 1.807) is 6.92 Å². The zero-order chi connectivity index (χ0) is 22.8. The zero-order valence-corrected chi connectivity index (χ0v) is 19.1. The fourth-order valence-corrected chi connectivity index (χ4v) is 3.90. The number of nitrogens with zero attached hydrogens (tertiary/aromatic N) is 3. The maximum Gasteiger partial charge on any atom is 0.250 e. The summed E-state index contributed by atoms with van der Waals surface area (Å²) in [6.07, 6.45) is 4.42. The molecule has 0 aliphatic carbocycles. The highest BCUT2D eigenvalue weighted by Crippen LogP contribution is 2.42. The van der Waals surface area contributed by atoms with Crippen molar-refractivity contribution in [3.63, 3.8) is 0 Å². The largest absolute Gasteiger partial charge is 0.504 e. The summed E-state index contributed by atoms with van der Waals surface area (Å²) >= 11 is 0. The highest BCUT2D eigenvalue weighted by atomic mass is 16.3.